The fourth-order valence-electron chi connectivity index (χ4n) is 2.37. The smallest absolute Gasteiger partial charge is 0.308 e. The SMILES string of the molecule is CC(C)(C)c1ccc(NC(=O)Nc2cc(C(F)(F)F)cc(C(F)(F)F)c2)cc1. The van der Waals surface area contributed by atoms with Gasteiger partial charge in [0, 0.05) is 11.4 Å². The highest BCUT2D eigenvalue weighted by Gasteiger charge is 2.37. The maximum absolute atomic E-state index is 12.9. The monoisotopic (exact) mass is 404 g/mol. The van der Waals surface area contributed by atoms with E-state index in [0.717, 1.165) is 5.56 Å². The summed E-state index contributed by atoms with van der Waals surface area (Å²) in [5.74, 6) is 0. The fourth-order valence-corrected chi connectivity index (χ4v) is 2.37. The number of nitrogens with one attached hydrogen (secondary N) is 2. The fraction of sp³-hybridized carbons (Fsp3) is 0.316. The summed E-state index contributed by atoms with van der Waals surface area (Å²) in [4.78, 5) is 12.0. The first-order valence-corrected chi connectivity index (χ1v) is 8.14. The third kappa shape index (κ3) is 5.64. The van der Waals surface area contributed by atoms with Gasteiger partial charge in [0.1, 0.15) is 0 Å². The molecule has 3 nitrogen and oxygen atoms in total. The molecule has 0 saturated carbocycles. The minimum Gasteiger partial charge on any atom is -0.308 e. The molecule has 2 amide bonds. The van der Waals surface area contributed by atoms with Crippen molar-refractivity contribution in [1.29, 1.82) is 0 Å². The molecule has 9 heteroatoms. The van der Waals surface area contributed by atoms with Crippen LogP contribution < -0.4 is 10.6 Å². The van der Waals surface area contributed by atoms with Gasteiger partial charge in [-0.15, -0.1) is 0 Å². The van der Waals surface area contributed by atoms with E-state index in [9.17, 15) is 31.1 Å². The Morgan fingerprint density at radius 2 is 1.11 bits per heavy atom. The van der Waals surface area contributed by atoms with Crippen molar-refractivity contribution in [1.82, 2.24) is 0 Å². The molecule has 0 heterocycles. The first-order valence-electron chi connectivity index (χ1n) is 8.14. The van der Waals surface area contributed by atoms with Gasteiger partial charge in [-0.1, -0.05) is 32.9 Å². The third-order valence-corrected chi connectivity index (χ3v) is 3.85. The van der Waals surface area contributed by atoms with Crippen molar-refractivity contribution in [3.63, 3.8) is 0 Å². The molecule has 28 heavy (non-hydrogen) atoms. The highest BCUT2D eigenvalue weighted by atomic mass is 19.4. The van der Waals surface area contributed by atoms with Crippen LogP contribution in [0.2, 0.25) is 0 Å². The van der Waals surface area contributed by atoms with Crippen LogP contribution in [0.4, 0.5) is 42.5 Å². The number of urea groups is 1. The molecule has 2 N–H and O–H groups in total. The Bertz CT molecular complexity index is 816. The van der Waals surface area contributed by atoms with E-state index in [1.807, 2.05) is 26.1 Å². The standard InChI is InChI=1S/C19H18F6N2O/c1-17(2,3)11-4-6-14(7-5-11)26-16(28)27-15-9-12(18(20,21)22)8-13(10-15)19(23,24)25/h4-10H,1-3H3,(H2,26,27,28). The Morgan fingerprint density at radius 3 is 1.50 bits per heavy atom. The van der Waals surface area contributed by atoms with Crippen LogP contribution in [0.1, 0.15) is 37.5 Å². The van der Waals surface area contributed by atoms with Crippen molar-refractivity contribution in [3.8, 4) is 0 Å². The Morgan fingerprint density at radius 1 is 0.679 bits per heavy atom. The maximum atomic E-state index is 12.9. The lowest BCUT2D eigenvalue weighted by Gasteiger charge is -2.19. The van der Waals surface area contributed by atoms with E-state index in [4.69, 9.17) is 0 Å². The van der Waals surface area contributed by atoms with Crippen molar-refractivity contribution in [2.75, 3.05) is 10.6 Å². The van der Waals surface area contributed by atoms with Crippen molar-refractivity contribution >= 4 is 17.4 Å². The van der Waals surface area contributed by atoms with Crippen molar-refractivity contribution < 1.29 is 31.1 Å². The summed E-state index contributed by atoms with van der Waals surface area (Å²) < 4.78 is 77.2. The van der Waals surface area contributed by atoms with Crippen molar-refractivity contribution in [2.45, 2.75) is 38.5 Å². The number of hydrogen-bond donors (Lipinski definition) is 2. The van der Waals surface area contributed by atoms with Gasteiger partial charge >= 0.3 is 18.4 Å². The third-order valence-electron chi connectivity index (χ3n) is 3.85. The van der Waals surface area contributed by atoms with E-state index in [-0.39, 0.29) is 11.5 Å². The number of amides is 2. The second-order valence-corrected chi connectivity index (χ2v) is 7.20. The molecule has 0 aliphatic carbocycles. The summed E-state index contributed by atoms with van der Waals surface area (Å²) in [7, 11) is 0. The Labute approximate surface area is 157 Å². The van der Waals surface area contributed by atoms with Crippen molar-refractivity contribution in [3.05, 3.63) is 59.2 Å². The van der Waals surface area contributed by atoms with Gasteiger partial charge in [-0.3, -0.25) is 0 Å². The predicted molar refractivity (Wildman–Crippen MR) is 94.2 cm³/mol. The van der Waals surface area contributed by atoms with Gasteiger partial charge in [-0.05, 0) is 41.3 Å². The molecule has 2 aromatic carbocycles. The minimum atomic E-state index is -4.99. The van der Waals surface area contributed by atoms with Crippen molar-refractivity contribution in [2.24, 2.45) is 0 Å². The summed E-state index contributed by atoms with van der Waals surface area (Å²) in [6.07, 6.45) is -9.98. The number of carbonyl (C=O) groups is 1. The zero-order valence-electron chi connectivity index (χ0n) is 15.2. The largest absolute Gasteiger partial charge is 0.416 e. The van der Waals surface area contributed by atoms with Crippen LogP contribution in [0.3, 0.4) is 0 Å². The van der Waals surface area contributed by atoms with Gasteiger partial charge in [0.2, 0.25) is 0 Å². The molecule has 0 aromatic heterocycles. The quantitative estimate of drug-likeness (QED) is 0.540. The number of alkyl halides is 6. The molecule has 2 aromatic rings. The van der Waals surface area contributed by atoms with Gasteiger partial charge in [-0.25, -0.2) is 4.79 Å². The molecule has 2 rings (SSSR count). The van der Waals surface area contributed by atoms with Crippen LogP contribution >= 0.6 is 0 Å². The Kier molecular flexibility index (Phi) is 5.68. The Hall–Kier alpha value is -2.71. The van der Waals surface area contributed by atoms with E-state index in [0.29, 0.717) is 17.8 Å². The van der Waals surface area contributed by atoms with E-state index >= 15 is 0 Å². The predicted octanol–water partition coefficient (Wildman–Crippen LogP) is 6.67. The van der Waals surface area contributed by atoms with E-state index in [1.165, 1.54) is 0 Å². The van der Waals surface area contributed by atoms with Gasteiger partial charge in [-0.2, -0.15) is 26.3 Å². The lowest BCUT2D eigenvalue weighted by Crippen LogP contribution is -2.21. The number of hydrogen-bond acceptors (Lipinski definition) is 1. The van der Waals surface area contributed by atoms with Gasteiger partial charge in [0.25, 0.3) is 0 Å². The molecule has 0 aliphatic heterocycles. The zero-order valence-corrected chi connectivity index (χ0v) is 15.2. The van der Waals surface area contributed by atoms with Crippen LogP contribution in [0.15, 0.2) is 42.5 Å². The first kappa shape index (κ1) is 21.6. The number of rotatable bonds is 2. The molecule has 0 fully saturated rings. The Balaban J connectivity index is 2.21. The number of halogens is 6. The summed E-state index contributed by atoms with van der Waals surface area (Å²) in [6.45, 7) is 5.98. The van der Waals surface area contributed by atoms with E-state index in [1.54, 1.807) is 24.3 Å². The molecule has 0 bridgehead atoms. The summed E-state index contributed by atoms with van der Waals surface area (Å²) >= 11 is 0. The lowest BCUT2D eigenvalue weighted by molar-refractivity contribution is -0.143. The normalized spacial score (nSPS) is 12.6. The van der Waals surface area contributed by atoms with Gasteiger partial charge in [0.05, 0.1) is 11.1 Å². The number of carbonyl (C=O) groups excluding carboxylic acids is 1. The highest BCUT2D eigenvalue weighted by Crippen LogP contribution is 2.37. The maximum Gasteiger partial charge on any atom is 0.416 e. The molecule has 0 unspecified atom stereocenters. The van der Waals surface area contributed by atoms with Gasteiger partial charge < -0.3 is 10.6 Å². The topological polar surface area (TPSA) is 41.1 Å². The molecule has 0 saturated heterocycles. The van der Waals surface area contributed by atoms with Crippen LogP contribution in [0, 0.1) is 0 Å². The second-order valence-electron chi connectivity index (χ2n) is 7.20. The molecular formula is C19H18F6N2O. The van der Waals surface area contributed by atoms with E-state index < -0.39 is 35.2 Å². The first-order chi connectivity index (χ1) is 12.7. The molecule has 0 atom stereocenters. The molecule has 152 valence electrons. The van der Waals surface area contributed by atoms with Crippen LogP contribution in [-0.4, -0.2) is 6.03 Å². The second kappa shape index (κ2) is 7.37. The lowest BCUT2D eigenvalue weighted by atomic mass is 9.87. The summed E-state index contributed by atoms with van der Waals surface area (Å²) in [5.41, 5.74) is -2.42. The summed E-state index contributed by atoms with van der Waals surface area (Å²) in [5, 5.41) is 4.38. The van der Waals surface area contributed by atoms with Crippen LogP contribution in [-0.2, 0) is 17.8 Å². The number of benzene rings is 2. The zero-order chi connectivity index (χ0) is 21.3. The average molecular weight is 404 g/mol. The average Bonchev–Trinajstić information content (AvgIpc) is 2.52. The molecular weight excluding hydrogens is 386 g/mol. The minimum absolute atomic E-state index is 0.00565. The van der Waals surface area contributed by atoms with E-state index in [2.05, 4.69) is 5.32 Å². The molecule has 0 spiro atoms. The van der Waals surface area contributed by atoms with Crippen LogP contribution in [0.5, 0.6) is 0 Å². The molecule has 0 radical (unpaired) electrons. The van der Waals surface area contributed by atoms with Gasteiger partial charge in [0.15, 0.2) is 0 Å². The summed E-state index contributed by atoms with van der Waals surface area (Å²) in [6, 6.07) is 6.63. The van der Waals surface area contributed by atoms with Crippen LogP contribution in [0.25, 0.3) is 0 Å². The highest BCUT2D eigenvalue weighted by molar-refractivity contribution is 5.99. The molecule has 0 aliphatic rings. The number of anilines is 2.